The molecule has 18 heavy (non-hydrogen) atoms. The summed E-state index contributed by atoms with van der Waals surface area (Å²) >= 11 is 0. The Labute approximate surface area is 107 Å². The lowest BCUT2D eigenvalue weighted by molar-refractivity contribution is 0.0887. The zero-order chi connectivity index (χ0) is 13.0. The fourth-order valence-corrected chi connectivity index (χ4v) is 2.15. The molecule has 0 radical (unpaired) electrons. The number of nitriles is 1. The lowest BCUT2D eigenvalue weighted by Gasteiger charge is -2.35. The molecule has 94 valence electrons. The second-order valence-electron chi connectivity index (χ2n) is 4.95. The van der Waals surface area contributed by atoms with Crippen molar-refractivity contribution in [2.75, 3.05) is 13.1 Å². The van der Waals surface area contributed by atoms with Gasteiger partial charge in [0.25, 0.3) is 5.91 Å². The van der Waals surface area contributed by atoms with E-state index in [1.54, 1.807) is 24.3 Å². The van der Waals surface area contributed by atoms with Gasteiger partial charge in [-0.2, -0.15) is 5.26 Å². The van der Waals surface area contributed by atoms with Gasteiger partial charge in [0.1, 0.15) is 0 Å². The SMILES string of the molecule is CC1(NC(=O)c2ccc(C#N)cc2)CCNCC1. The van der Waals surface area contributed by atoms with Crippen molar-refractivity contribution in [2.24, 2.45) is 0 Å². The standard InChI is InChI=1S/C14H17N3O/c1-14(6-8-16-9-7-14)17-13(18)12-4-2-11(10-15)3-5-12/h2-5,16H,6-9H2,1H3,(H,17,18). The summed E-state index contributed by atoms with van der Waals surface area (Å²) in [6.45, 7) is 3.95. The molecule has 1 aliphatic heterocycles. The van der Waals surface area contributed by atoms with E-state index >= 15 is 0 Å². The normalized spacial score (nSPS) is 17.8. The number of amides is 1. The highest BCUT2D eigenvalue weighted by Crippen LogP contribution is 2.18. The van der Waals surface area contributed by atoms with Crippen molar-refractivity contribution < 1.29 is 4.79 Å². The molecule has 1 heterocycles. The Morgan fingerprint density at radius 2 is 1.94 bits per heavy atom. The molecular weight excluding hydrogens is 226 g/mol. The molecule has 0 atom stereocenters. The summed E-state index contributed by atoms with van der Waals surface area (Å²) in [5, 5.41) is 15.1. The maximum atomic E-state index is 12.1. The fourth-order valence-electron chi connectivity index (χ4n) is 2.15. The summed E-state index contributed by atoms with van der Waals surface area (Å²) in [7, 11) is 0. The summed E-state index contributed by atoms with van der Waals surface area (Å²) in [5.74, 6) is -0.0658. The predicted octanol–water partition coefficient (Wildman–Crippen LogP) is 1.43. The first kappa shape index (κ1) is 12.6. The van der Waals surface area contributed by atoms with Crippen LogP contribution < -0.4 is 10.6 Å². The molecule has 0 saturated carbocycles. The first-order valence-corrected chi connectivity index (χ1v) is 6.16. The van der Waals surface area contributed by atoms with Crippen molar-refractivity contribution in [1.29, 1.82) is 5.26 Å². The predicted molar refractivity (Wildman–Crippen MR) is 69.1 cm³/mol. The lowest BCUT2D eigenvalue weighted by atomic mass is 9.90. The third-order valence-corrected chi connectivity index (χ3v) is 3.40. The van der Waals surface area contributed by atoms with Crippen molar-refractivity contribution >= 4 is 5.91 Å². The van der Waals surface area contributed by atoms with Gasteiger partial charge in [-0.15, -0.1) is 0 Å². The highest BCUT2D eigenvalue weighted by atomic mass is 16.1. The molecule has 4 heteroatoms. The second-order valence-corrected chi connectivity index (χ2v) is 4.95. The van der Waals surface area contributed by atoms with Gasteiger partial charge in [0, 0.05) is 11.1 Å². The topological polar surface area (TPSA) is 64.9 Å². The molecule has 1 aromatic rings. The number of hydrogen-bond acceptors (Lipinski definition) is 3. The van der Waals surface area contributed by atoms with Crippen LogP contribution in [0.25, 0.3) is 0 Å². The van der Waals surface area contributed by atoms with Gasteiger partial charge >= 0.3 is 0 Å². The van der Waals surface area contributed by atoms with Crippen LogP contribution in [-0.4, -0.2) is 24.5 Å². The number of piperidine rings is 1. The summed E-state index contributed by atoms with van der Waals surface area (Å²) < 4.78 is 0. The highest BCUT2D eigenvalue weighted by Gasteiger charge is 2.28. The molecule has 1 fully saturated rings. The Morgan fingerprint density at radius 1 is 1.33 bits per heavy atom. The molecule has 0 bridgehead atoms. The van der Waals surface area contributed by atoms with Crippen LogP contribution in [0.4, 0.5) is 0 Å². The molecule has 0 unspecified atom stereocenters. The van der Waals surface area contributed by atoms with Crippen LogP contribution >= 0.6 is 0 Å². The number of nitrogens with one attached hydrogen (secondary N) is 2. The minimum atomic E-state index is -0.129. The number of benzene rings is 1. The van der Waals surface area contributed by atoms with Crippen LogP contribution in [0, 0.1) is 11.3 Å². The van der Waals surface area contributed by atoms with Crippen LogP contribution in [-0.2, 0) is 0 Å². The Balaban J connectivity index is 2.04. The number of carbonyl (C=O) groups excluding carboxylic acids is 1. The highest BCUT2D eigenvalue weighted by molar-refractivity contribution is 5.94. The third kappa shape index (κ3) is 2.88. The Bertz CT molecular complexity index is 467. The Morgan fingerprint density at radius 3 is 2.50 bits per heavy atom. The van der Waals surface area contributed by atoms with Crippen LogP contribution in [0.3, 0.4) is 0 Å². The molecule has 1 amide bonds. The van der Waals surface area contributed by atoms with Gasteiger partial charge in [0.15, 0.2) is 0 Å². The van der Waals surface area contributed by atoms with Gasteiger partial charge in [-0.1, -0.05) is 0 Å². The molecule has 2 N–H and O–H groups in total. The van der Waals surface area contributed by atoms with Gasteiger partial charge in [0.2, 0.25) is 0 Å². The monoisotopic (exact) mass is 243 g/mol. The van der Waals surface area contributed by atoms with Gasteiger partial charge in [0.05, 0.1) is 11.6 Å². The van der Waals surface area contributed by atoms with Gasteiger partial charge in [-0.3, -0.25) is 4.79 Å². The van der Waals surface area contributed by atoms with Gasteiger partial charge in [-0.25, -0.2) is 0 Å². The minimum Gasteiger partial charge on any atom is -0.347 e. The summed E-state index contributed by atoms with van der Waals surface area (Å²) in [6.07, 6.45) is 1.88. The lowest BCUT2D eigenvalue weighted by Crippen LogP contribution is -2.52. The van der Waals surface area contributed by atoms with E-state index < -0.39 is 0 Å². The van der Waals surface area contributed by atoms with E-state index in [0.29, 0.717) is 11.1 Å². The zero-order valence-electron chi connectivity index (χ0n) is 10.5. The van der Waals surface area contributed by atoms with Crippen LogP contribution in [0.5, 0.6) is 0 Å². The number of carbonyl (C=O) groups is 1. The molecule has 0 aliphatic carbocycles. The average molecular weight is 243 g/mol. The molecule has 0 spiro atoms. The van der Waals surface area contributed by atoms with E-state index in [-0.39, 0.29) is 11.4 Å². The zero-order valence-corrected chi connectivity index (χ0v) is 10.5. The van der Waals surface area contributed by atoms with E-state index in [0.717, 1.165) is 25.9 Å². The van der Waals surface area contributed by atoms with E-state index in [2.05, 4.69) is 17.6 Å². The van der Waals surface area contributed by atoms with E-state index in [9.17, 15) is 4.79 Å². The number of nitrogens with zero attached hydrogens (tertiary/aromatic N) is 1. The van der Waals surface area contributed by atoms with Crippen molar-refractivity contribution in [3.05, 3.63) is 35.4 Å². The quantitative estimate of drug-likeness (QED) is 0.826. The smallest absolute Gasteiger partial charge is 0.251 e. The van der Waals surface area contributed by atoms with Crippen molar-refractivity contribution in [2.45, 2.75) is 25.3 Å². The number of hydrogen-bond donors (Lipinski definition) is 2. The average Bonchev–Trinajstić information content (AvgIpc) is 2.39. The third-order valence-electron chi connectivity index (χ3n) is 3.40. The minimum absolute atomic E-state index is 0.0658. The summed E-state index contributed by atoms with van der Waals surface area (Å²) in [6, 6.07) is 8.76. The van der Waals surface area contributed by atoms with Crippen molar-refractivity contribution in [1.82, 2.24) is 10.6 Å². The molecule has 0 aromatic heterocycles. The van der Waals surface area contributed by atoms with E-state index in [1.165, 1.54) is 0 Å². The first-order chi connectivity index (χ1) is 8.63. The second kappa shape index (κ2) is 5.19. The van der Waals surface area contributed by atoms with Crippen LogP contribution in [0.15, 0.2) is 24.3 Å². The molecule has 2 rings (SSSR count). The van der Waals surface area contributed by atoms with Crippen molar-refractivity contribution in [3.8, 4) is 6.07 Å². The first-order valence-electron chi connectivity index (χ1n) is 6.16. The molecule has 1 aliphatic rings. The maximum absolute atomic E-state index is 12.1. The molecule has 1 aromatic carbocycles. The van der Waals surface area contributed by atoms with E-state index in [4.69, 9.17) is 5.26 Å². The maximum Gasteiger partial charge on any atom is 0.251 e. The fraction of sp³-hybridized carbons (Fsp3) is 0.429. The van der Waals surface area contributed by atoms with Gasteiger partial charge in [-0.05, 0) is 57.1 Å². The Hall–Kier alpha value is -1.86. The summed E-state index contributed by atoms with van der Waals surface area (Å²) in [4.78, 5) is 12.1. The summed E-state index contributed by atoms with van der Waals surface area (Å²) in [5.41, 5.74) is 1.05. The van der Waals surface area contributed by atoms with Crippen LogP contribution in [0.1, 0.15) is 35.7 Å². The molecule has 4 nitrogen and oxygen atoms in total. The largest absolute Gasteiger partial charge is 0.347 e. The van der Waals surface area contributed by atoms with E-state index in [1.807, 2.05) is 6.07 Å². The Kier molecular flexibility index (Phi) is 3.63. The molecular formula is C14H17N3O. The molecule has 1 saturated heterocycles. The number of rotatable bonds is 2. The van der Waals surface area contributed by atoms with Crippen molar-refractivity contribution in [3.63, 3.8) is 0 Å². The van der Waals surface area contributed by atoms with Crippen LogP contribution in [0.2, 0.25) is 0 Å². The van der Waals surface area contributed by atoms with Gasteiger partial charge < -0.3 is 10.6 Å².